The minimum atomic E-state index is 0.147. The molecule has 0 aromatic carbocycles. The van der Waals surface area contributed by atoms with E-state index in [2.05, 4.69) is 13.2 Å². The molecule has 0 heterocycles. The highest BCUT2D eigenvalue weighted by Gasteiger charge is 2.03. The van der Waals surface area contributed by atoms with Crippen LogP contribution in [0, 0.1) is 5.92 Å². The van der Waals surface area contributed by atoms with E-state index in [0.717, 1.165) is 0 Å². The van der Waals surface area contributed by atoms with Crippen LogP contribution in [0.5, 0.6) is 0 Å². The van der Waals surface area contributed by atoms with E-state index in [-0.39, 0.29) is 11.7 Å². The molecule has 2 heteroatoms. The van der Waals surface area contributed by atoms with Gasteiger partial charge in [-0.3, -0.25) is 4.79 Å². The molecule has 0 N–H and O–H groups in total. The molecule has 0 bridgehead atoms. The van der Waals surface area contributed by atoms with Gasteiger partial charge in [0.05, 0.1) is 0 Å². The van der Waals surface area contributed by atoms with Gasteiger partial charge in [-0.05, 0) is 0 Å². The number of carbonyl (C=O) groups is 1. The third-order valence-electron chi connectivity index (χ3n) is 0.985. The normalized spacial score (nSPS) is 8.40. The van der Waals surface area contributed by atoms with E-state index in [1.54, 1.807) is 0 Å². The Hall–Kier alpha value is -0.300. The van der Waals surface area contributed by atoms with Crippen molar-refractivity contribution in [1.29, 1.82) is 0 Å². The summed E-state index contributed by atoms with van der Waals surface area (Å²) in [6.07, 6.45) is 0.513. The predicted octanol–water partition coefficient (Wildman–Crippen LogP) is 2.64. The van der Waals surface area contributed by atoms with Crippen molar-refractivity contribution < 1.29 is 4.79 Å². The van der Waals surface area contributed by atoms with Crippen molar-refractivity contribution in [2.75, 3.05) is 5.88 Å². The van der Waals surface area contributed by atoms with Gasteiger partial charge >= 0.3 is 0 Å². The van der Waals surface area contributed by atoms with Gasteiger partial charge in [0, 0.05) is 18.2 Å². The molecule has 0 aromatic heterocycles. The average Bonchev–Trinajstić information content (AvgIpc) is 1.93. The maximum absolute atomic E-state index is 10.7. The van der Waals surface area contributed by atoms with Gasteiger partial charge in [0.2, 0.25) is 0 Å². The standard InChI is InChI=1S/C6H11ClO.C2H4/c1-5(2)6(8)3-4-7;1-2/h5H,3-4H2,1-2H3;1-2H2. The van der Waals surface area contributed by atoms with E-state index in [1.165, 1.54) is 0 Å². The molecule has 0 fully saturated rings. The fourth-order valence-electron chi connectivity index (χ4n) is 0.382. The summed E-state index contributed by atoms with van der Waals surface area (Å²) in [4.78, 5) is 10.7. The van der Waals surface area contributed by atoms with Crippen molar-refractivity contribution in [3.63, 3.8) is 0 Å². The van der Waals surface area contributed by atoms with Crippen LogP contribution < -0.4 is 0 Å². The lowest BCUT2D eigenvalue weighted by molar-refractivity contribution is -0.121. The first-order chi connectivity index (χ1) is 4.68. The summed E-state index contributed by atoms with van der Waals surface area (Å²) in [5.74, 6) is 0.852. The van der Waals surface area contributed by atoms with E-state index < -0.39 is 0 Å². The van der Waals surface area contributed by atoms with Crippen molar-refractivity contribution in [1.82, 2.24) is 0 Å². The molecular formula is C8H15ClO. The lowest BCUT2D eigenvalue weighted by atomic mass is 10.1. The second kappa shape index (κ2) is 8.70. The number of Topliss-reactive ketones (excluding diaryl/α,β-unsaturated/α-hetero) is 1. The summed E-state index contributed by atoms with van der Waals surface area (Å²) in [6.45, 7) is 9.77. The monoisotopic (exact) mass is 162 g/mol. The third-order valence-corrected chi connectivity index (χ3v) is 1.17. The molecule has 0 rings (SSSR count). The van der Waals surface area contributed by atoms with Gasteiger partial charge < -0.3 is 0 Å². The molecule has 0 aromatic rings. The number of hydrogen-bond acceptors (Lipinski definition) is 1. The molecule has 60 valence electrons. The Morgan fingerprint density at radius 3 is 2.00 bits per heavy atom. The molecule has 10 heavy (non-hydrogen) atoms. The molecule has 0 aliphatic rings. The molecule has 0 atom stereocenters. The van der Waals surface area contributed by atoms with Gasteiger partial charge in [0.1, 0.15) is 5.78 Å². The van der Waals surface area contributed by atoms with E-state index in [0.29, 0.717) is 12.3 Å². The quantitative estimate of drug-likeness (QED) is 0.461. The van der Waals surface area contributed by atoms with Crippen LogP contribution in [0.4, 0.5) is 0 Å². The van der Waals surface area contributed by atoms with Crippen LogP contribution in [0.1, 0.15) is 20.3 Å². The summed E-state index contributed by atoms with van der Waals surface area (Å²) >= 11 is 5.32. The Balaban J connectivity index is 0. The van der Waals surface area contributed by atoms with Crippen molar-refractivity contribution in [2.24, 2.45) is 5.92 Å². The highest BCUT2D eigenvalue weighted by molar-refractivity contribution is 6.19. The smallest absolute Gasteiger partial charge is 0.136 e. The molecule has 0 radical (unpaired) electrons. The summed E-state index contributed by atoms with van der Waals surface area (Å²) in [7, 11) is 0. The molecule has 0 spiro atoms. The molecule has 0 saturated carbocycles. The number of ketones is 1. The van der Waals surface area contributed by atoms with Gasteiger partial charge in [-0.25, -0.2) is 0 Å². The zero-order valence-corrected chi connectivity index (χ0v) is 7.45. The van der Waals surface area contributed by atoms with Crippen LogP contribution in [0.3, 0.4) is 0 Å². The zero-order chi connectivity index (χ0) is 8.57. The number of rotatable bonds is 3. The number of halogens is 1. The Morgan fingerprint density at radius 2 is 1.90 bits per heavy atom. The average molecular weight is 163 g/mol. The van der Waals surface area contributed by atoms with Crippen LogP contribution in [-0.2, 0) is 4.79 Å². The largest absolute Gasteiger partial charge is 0.299 e. The van der Waals surface area contributed by atoms with Crippen molar-refractivity contribution >= 4 is 17.4 Å². The molecule has 0 saturated heterocycles. The maximum atomic E-state index is 10.7. The summed E-state index contributed by atoms with van der Waals surface area (Å²) < 4.78 is 0. The molecular weight excluding hydrogens is 148 g/mol. The number of carbonyl (C=O) groups excluding carboxylic acids is 1. The van der Waals surface area contributed by atoms with Crippen molar-refractivity contribution in [3.8, 4) is 0 Å². The lowest BCUT2D eigenvalue weighted by Crippen LogP contribution is -2.06. The summed E-state index contributed by atoms with van der Waals surface area (Å²) in [6, 6.07) is 0. The SMILES string of the molecule is C=C.CC(C)C(=O)CCCl. The van der Waals surface area contributed by atoms with Gasteiger partial charge in [0.25, 0.3) is 0 Å². The second-order valence-electron chi connectivity index (χ2n) is 2.06. The third kappa shape index (κ3) is 7.70. The fourth-order valence-corrected chi connectivity index (χ4v) is 0.568. The minimum absolute atomic E-state index is 0.147. The predicted molar refractivity (Wildman–Crippen MR) is 46.4 cm³/mol. The summed E-state index contributed by atoms with van der Waals surface area (Å²) in [5.41, 5.74) is 0. The lowest BCUT2D eigenvalue weighted by Gasteiger charge is -1.98. The highest BCUT2D eigenvalue weighted by atomic mass is 35.5. The van der Waals surface area contributed by atoms with E-state index in [9.17, 15) is 4.79 Å². The van der Waals surface area contributed by atoms with E-state index >= 15 is 0 Å². The topological polar surface area (TPSA) is 17.1 Å². The highest BCUT2D eigenvalue weighted by Crippen LogP contribution is 1.98. The Kier molecular flexibility index (Phi) is 10.8. The number of hydrogen-bond donors (Lipinski definition) is 0. The Labute approximate surface area is 68.1 Å². The van der Waals surface area contributed by atoms with E-state index in [4.69, 9.17) is 11.6 Å². The van der Waals surface area contributed by atoms with Crippen LogP contribution >= 0.6 is 11.6 Å². The van der Waals surface area contributed by atoms with Gasteiger partial charge in [-0.1, -0.05) is 13.8 Å². The second-order valence-corrected chi connectivity index (χ2v) is 2.44. The molecule has 0 amide bonds. The molecule has 0 aliphatic heterocycles. The van der Waals surface area contributed by atoms with Crippen molar-refractivity contribution in [2.45, 2.75) is 20.3 Å². The molecule has 0 aliphatic carbocycles. The van der Waals surface area contributed by atoms with Gasteiger partial charge in [0.15, 0.2) is 0 Å². The first kappa shape index (κ1) is 12.4. The molecule has 0 unspecified atom stereocenters. The van der Waals surface area contributed by atoms with Crippen LogP contribution in [0.2, 0.25) is 0 Å². The van der Waals surface area contributed by atoms with Gasteiger partial charge in [-0.15, -0.1) is 24.8 Å². The maximum Gasteiger partial charge on any atom is 0.136 e. The number of alkyl halides is 1. The fraction of sp³-hybridized carbons (Fsp3) is 0.625. The molecule has 1 nitrogen and oxygen atoms in total. The van der Waals surface area contributed by atoms with Crippen LogP contribution in [0.25, 0.3) is 0 Å². The zero-order valence-electron chi connectivity index (χ0n) is 6.69. The summed E-state index contributed by atoms with van der Waals surface area (Å²) in [5, 5.41) is 0. The first-order valence-electron chi connectivity index (χ1n) is 3.27. The van der Waals surface area contributed by atoms with E-state index in [1.807, 2.05) is 13.8 Å². The van der Waals surface area contributed by atoms with Crippen molar-refractivity contribution in [3.05, 3.63) is 13.2 Å². The Bertz CT molecular complexity index is 89.3. The Morgan fingerprint density at radius 1 is 1.50 bits per heavy atom. The van der Waals surface area contributed by atoms with Gasteiger partial charge in [-0.2, -0.15) is 0 Å². The minimum Gasteiger partial charge on any atom is -0.299 e. The van der Waals surface area contributed by atoms with Crippen LogP contribution in [0.15, 0.2) is 13.2 Å². The first-order valence-corrected chi connectivity index (χ1v) is 3.80. The van der Waals surface area contributed by atoms with Crippen LogP contribution in [-0.4, -0.2) is 11.7 Å².